The molecule has 0 aliphatic carbocycles. The van der Waals surface area contributed by atoms with Crippen molar-refractivity contribution in [3.8, 4) is 0 Å². The number of carbonyl (C=O) groups excluding carboxylic acids is 1. The number of halogens is 6. The Kier molecular flexibility index (Phi) is 7.49. The molecular formula is C25H23F6N3O3. The minimum Gasteiger partial charge on any atom is -0.462 e. The van der Waals surface area contributed by atoms with Gasteiger partial charge in [0.25, 0.3) is 0 Å². The van der Waals surface area contributed by atoms with Crippen molar-refractivity contribution in [3.05, 3.63) is 82.5 Å². The van der Waals surface area contributed by atoms with Crippen LogP contribution in [-0.4, -0.2) is 35.5 Å². The van der Waals surface area contributed by atoms with Gasteiger partial charge in [0.15, 0.2) is 5.69 Å². The molecule has 1 aliphatic rings. The van der Waals surface area contributed by atoms with Gasteiger partial charge in [-0.05, 0) is 30.2 Å². The number of ether oxygens (including phenoxy) is 2. The summed E-state index contributed by atoms with van der Waals surface area (Å²) in [5.41, 5.74) is -2.02. The predicted molar refractivity (Wildman–Crippen MR) is 121 cm³/mol. The molecule has 0 fully saturated rings. The van der Waals surface area contributed by atoms with Gasteiger partial charge in [0.2, 0.25) is 0 Å². The molecule has 0 N–H and O–H groups in total. The van der Waals surface area contributed by atoms with Crippen molar-refractivity contribution in [1.82, 2.24) is 9.78 Å². The standard InChI is InChI=1S/C25H23F6N3O3/c1-2-37-23(35)20-21(25(29,30)31)32-34-19(15-36-14-16-7-4-3-5-8-16)13-33(22(20)34)12-17-9-6-10-18(11-17)24(26,27)28/h3-11,19H,2,12-15H2,1H3/t19-/m0/s1. The molecule has 6 nitrogen and oxygen atoms in total. The van der Waals surface area contributed by atoms with Crippen molar-refractivity contribution in [2.75, 3.05) is 24.7 Å². The molecule has 12 heteroatoms. The summed E-state index contributed by atoms with van der Waals surface area (Å²) in [7, 11) is 0. The molecule has 3 aromatic rings. The van der Waals surface area contributed by atoms with Crippen LogP contribution in [0.3, 0.4) is 0 Å². The van der Waals surface area contributed by atoms with E-state index in [1.807, 2.05) is 30.3 Å². The second-order valence-corrected chi connectivity index (χ2v) is 8.44. The molecule has 0 saturated carbocycles. The van der Waals surface area contributed by atoms with E-state index < -0.39 is 41.2 Å². The number of hydrogen-bond acceptors (Lipinski definition) is 5. The number of esters is 1. The smallest absolute Gasteiger partial charge is 0.436 e. The maximum atomic E-state index is 13.9. The number of carbonyl (C=O) groups is 1. The number of benzene rings is 2. The topological polar surface area (TPSA) is 56.6 Å². The highest BCUT2D eigenvalue weighted by Crippen LogP contribution is 2.42. The number of alkyl halides is 6. The first-order chi connectivity index (χ1) is 17.5. The zero-order valence-corrected chi connectivity index (χ0v) is 19.6. The summed E-state index contributed by atoms with van der Waals surface area (Å²) in [5.74, 6) is -1.38. The fourth-order valence-electron chi connectivity index (χ4n) is 4.21. The lowest BCUT2D eigenvalue weighted by Crippen LogP contribution is -2.26. The van der Waals surface area contributed by atoms with Gasteiger partial charge in [-0.3, -0.25) is 0 Å². The Morgan fingerprint density at radius 2 is 1.70 bits per heavy atom. The van der Waals surface area contributed by atoms with Gasteiger partial charge in [0.05, 0.1) is 31.4 Å². The van der Waals surface area contributed by atoms with Gasteiger partial charge in [-0.15, -0.1) is 0 Å². The summed E-state index contributed by atoms with van der Waals surface area (Å²) in [6, 6.07) is 12.9. The molecule has 2 heterocycles. The van der Waals surface area contributed by atoms with E-state index in [2.05, 4.69) is 5.10 Å². The van der Waals surface area contributed by atoms with Crippen LogP contribution in [-0.2, 0) is 35.0 Å². The van der Waals surface area contributed by atoms with E-state index in [4.69, 9.17) is 9.47 Å². The van der Waals surface area contributed by atoms with Crippen LogP contribution in [0.5, 0.6) is 0 Å². The molecule has 0 radical (unpaired) electrons. The molecule has 198 valence electrons. The van der Waals surface area contributed by atoms with Gasteiger partial charge in [-0.1, -0.05) is 42.5 Å². The first-order valence-corrected chi connectivity index (χ1v) is 11.4. The van der Waals surface area contributed by atoms with Crippen molar-refractivity contribution in [1.29, 1.82) is 0 Å². The molecule has 0 spiro atoms. The average Bonchev–Trinajstić information content (AvgIpc) is 3.38. The first kappa shape index (κ1) is 26.5. The van der Waals surface area contributed by atoms with Crippen molar-refractivity contribution < 1.29 is 40.6 Å². The van der Waals surface area contributed by atoms with Gasteiger partial charge < -0.3 is 14.4 Å². The molecule has 1 atom stereocenters. The van der Waals surface area contributed by atoms with E-state index in [-0.39, 0.29) is 44.3 Å². The van der Waals surface area contributed by atoms with Crippen LogP contribution in [0.25, 0.3) is 0 Å². The Balaban J connectivity index is 1.69. The summed E-state index contributed by atoms with van der Waals surface area (Å²) in [4.78, 5) is 14.0. The van der Waals surface area contributed by atoms with E-state index in [0.29, 0.717) is 0 Å². The molecule has 2 aromatic carbocycles. The number of fused-ring (bicyclic) bond motifs is 1. The van der Waals surface area contributed by atoms with Crippen molar-refractivity contribution in [2.24, 2.45) is 0 Å². The second kappa shape index (κ2) is 10.4. The molecule has 1 aliphatic heterocycles. The summed E-state index contributed by atoms with van der Waals surface area (Å²) < 4.78 is 93.0. The van der Waals surface area contributed by atoms with Crippen LogP contribution >= 0.6 is 0 Å². The SMILES string of the molecule is CCOC(=O)c1c(C(F)(F)F)nn2c1N(Cc1cccc(C(F)(F)F)c1)C[C@H]2COCc1ccccc1. The minimum absolute atomic E-state index is 0.0395. The molecule has 0 amide bonds. The van der Waals surface area contributed by atoms with Crippen LogP contribution in [0, 0.1) is 0 Å². The van der Waals surface area contributed by atoms with Gasteiger partial charge in [-0.25, -0.2) is 9.48 Å². The fraction of sp³-hybridized carbons (Fsp3) is 0.360. The lowest BCUT2D eigenvalue weighted by Gasteiger charge is -2.21. The minimum atomic E-state index is -4.96. The van der Waals surface area contributed by atoms with Gasteiger partial charge in [-0.2, -0.15) is 31.4 Å². The third-order valence-electron chi connectivity index (χ3n) is 5.76. The Hall–Kier alpha value is -3.54. The molecule has 1 aromatic heterocycles. The lowest BCUT2D eigenvalue weighted by atomic mass is 10.1. The highest BCUT2D eigenvalue weighted by Gasteiger charge is 2.46. The monoisotopic (exact) mass is 527 g/mol. The number of nitrogens with zero attached hydrogens (tertiary/aromatic N) is 3. The highest BCUT2D eigenvalue weighted by molar-refractivity contribution is 5.97. The van der Waals surface area contributed by atoms with E-state index in [9.17, 15) is 31.1 Å². The van der Waals surface area contributed by atoms with Gasteiger partial charge >= 0.3 is 18.3 Å². The highest BCUT2D eigenvalue weighted by atomic mass is 19.4. The van der Waals surface area contributed by atoms with E-state index in [0.717, 1.165) is 22.4 Å². The van der Waals surface area contributed by atoms with Crippen LogP contribution < -0.4 is 4.90 Å². The molecule has 0 unspecified atom stereocenters. The Morgan fingerprint density at radius 3 is 2.35 bits per heavy atom. The number of hydrogen-bond donors (Lipinski definition) is 0. The molecule has 4 rings (SSSR count). The van der Waals surface area contributed by atoms with Crippen LogP contribution in [0.15, 0.2) is 54.6 Å². The summed E-state index contributed by atoms with van der Waals surface area (Å²) >= 11 is 0. The number of aromatic nitrogens is 2. The molecule has 37 heavy (non-hydrogen) atoms. The van der Waals surface area contributed by atoms with Crippen LogP contribution in [0.2, 0.25) is 0 Å². The maximum absolute atomic E-state index is 13.9. The lowest BCUT2D eigenvalue weighted by molar-refractivity contribution is -0.142. The van der Waals surface area contributed by atoms with Gasteiger partial charge in [0.1, 0.15) is 11.4 Å². The van der Waals surface area contributed by atoms with Crippen LogP contribution in [0.1, 0.15) is 45.7 Å². The quantitative estimate of drug-likeness (QED) is 0.271. The molecular weight excluding hydrogens is 504 g/mol. The van der Waals surface area contributed by atoms with Crippen LogP contribution in [0.4, 0.5) is 32.2 Å². The summed E-state index contributed by atoms with van der Waals surface area (Å²) in [6.07, 6.45) is -9.55. The third-order valence-corrected chi connectivity index (χ3v) is 5.76. The Labute approximate surface area is 208 Å². The fourth-order valence-corrected chi connectivity index (χ4v) is 4.21. The van der Waals surface area contributed by atoms with Crippen molar-refractivity contribution >= 4 is 11.8 Å². The molecule has 0 bridgehead atoms. The second-order valence-electron chi connectivity index (χ2n) is 8.44. The zero-order valence-electron chi connectivity index (χ0n) is 19.6. The van der Waals surface area contributed by atoms with Gasteiger partial charge in [0, 0.05) is 13.1 Å². The third kappa shape index (κ3) is 5.90. The Bertz CT molecular complexity index is 1240. The molecule has 0 saturated heterocycles. The maximum Gasteiger partial charge on any atom is 0.436 e. The number of anilines is 1. The van der Waals surface area contributed by atoms with E-state index >= 15 is 0 Å². The summed E-state index contributed by atoms with van der Waals surface area (Å²) in [5, 5.41) is 3.71. The predicted octanol–water partition coefficient (Wildman–Crippen LogP) is 5.88. The Morgan fingerprint density at radius 1 is 1.00 bits per heavy atom. The average molecular weight is 527 g/mol. The largest absolute Gasteiger partial charge is 0.462 e. The van der Waals surface area contributed by atoms with Crippen molar-refractivity contribution in [3.63, 3.8) is 0 Å². The van der Waals surface area contributed by atoms with Crippen molar-refractivity contribution in [2.45, 2.75) is 38.5 Å². The number of rotatable bonds is 8. The first-order valence-electron chi connectivity index (χ1n) is 11.4. The van der Waals surface area contributed by atoms with E-state index in [1.54, 1.807) is 0 Å². The zero-order chi connectivity index (χ0) is 26.8. The van der Waals surface area contributed by atoms with E-state index in [1.165, 1.54) is 24.0 Å². The normalized spacial score (nSPS) is 15.6. The summed E-state index contributed by atoms with van der Waals surface area (Å²) in [6.45, 7) is 1.32.